The molecule has 1 aromatic heterocycles. The molecule has 2 amide bonds. The van der Waals surface area contributed by atoms with Crippen LogP contribution in [0.1, 0.15) is 34.6 Å². The van der Waals surface area contributed by atoms with Crippen molar-refractivity contribution in [3.63, 3.8) is 0 Å². The smallest absolute Gasteiger partial charge is 0.279 e. The van der Waals surface area contributed by atoms with Gasteiger partial charge in [-0.3, -0.25) is 9.59 Å². The highest BCUT2D eigenvalue weighted by atomic mass is 35.5. The summed E-state index contributed by atoms with van der Waals surface area (Å²) in [4.78, 5) is 24.9. The highest BCUT2D eigenvalue weighted by molar-refractivity contribution is 6.30. The molecular weight excluding hydrogens is 390 g/mol. The largest absolute Gasteiger partial charge is 0.467 e. The molecule has 3 rings (SSSR count). The van der Waals surface area contributed by atoms with Gasteiger partial charge in [-0.1, -0.05) is 35.9 Å². The number of furan rings is 1. The Labute approximate surface area is 174 Å². The van der Waals surface area contributed by atoms with Gasteiger partial charge in [0.25, 0.3) is 11.8 Å². The number of amides is 2. The van der Waals surface area contributed by atoms with Crippen molar-refractivity contribution in [2.45, 2.75) is 19.5 Å². The molecule has 7 heteroatoms. The molecule has 0 aliphatic heterocycles. The molecule has 6 nitrogen and oxygen atoms in total. The zero-order valence-corrected chi connectivity index (χ0v) is 16.8. The van der Waals surface area contributed by atoms with Gasteiger partial charge in [0, 0.05) is 10.6 Å². The Morgan fingerprint density at radius 2 is 1.83 bits per heavy atom. The molecule has 4 N–H and O–H groups in total. The van der Waals surface area contributed by atoms with Gasteiger partial charge < -0.3 is 20.4 Å². The maximum Gasteiger partial charge on any atom is 0.279 e. The highest BCUT2D eigenvalue weighted by Crippen LogP contribution is 2.16. The molecule has 0 saturated heterocycles. The number of quaternary nitrogens is 1. The molecule has 29 heavy (non-hydrogen) atoms. The Balaban J connectivity index is 1.56. The molecule has 1 atom stereocenters. The number of carbonyl (C=O) groups excluding carboxylic acids is 2. The maximum atomic E-state index is 12.5. The molecule has 0 aliphatic carbocycles. The minimum absolute atomic E-state index is 0.102. The summed E-state index contributed by atoms with van der Waals surface area (Å²) >= 11 is 5.91. The van der Waals surface area contributed by atoms with E-state index in [1.165, 1.54) is 0 Å². The van der Waals surface area contributed by atoms with E-state index in [0.717, 1.165) is 5.56 Å². The molecule has 0 aliphatic rings. The van der Waals surface area contributed by atoms with Gasteiger partial charge in [-0.05, 0) is 43.3 Å². The Bertz CT molecular complexity index is 956. The van der Waals surface area contributed by atoms with Crippen LogP contribution in [-0.2, 0) is 11.3 Å². The number of nitrogens with two attached hydrogens (primary N) is 1. The standard InChI is InChI=1S/C22H22ClN3O3/c1-15(16-8-10-17(23)11-9-16)24-14-21(27)26-20-7-3-2-6-19(20)22(28)25-13-18-5-4-12-29-18/h2-12,15,24H,13-14H2,1H3,(H,25,28)(H,26,27)/p+1/t15-/m1/s1. The lowest BCUT2D eigenvalue weighted by atomic mass is 10.1. The molecule has 1 heterocycles. The SMILES string of the molecule is C[C@@H]([NH2+]CC(=O)Nc1ccccc1C(=O)NCc1ccco1)c1ccc(Cl)cc1. The second kappa shape index (κ2) is 9.91. The van der Waals surface area contributed by atoms with Crippen LogP contribution in [0.2, 0.25) is 5.02 Å². The predicted molar refractivity (Wildman–Crippen MR) is 112 cm³/mol. The zero-order chi connectivity index (χ0) is 20.6. The first-order valence-corrected chi connectivity index (χ1v) is 9.69. The molecule has 0 fully saturated rings. The number of carbonyl (C=O) groups is 2. The predicted octanol–water partition coefficient (Wildman–Crippen LogP) is 3.13. The van der Waals surface area contributed by atoms with Gasteiger partial charge in [0.1, 0.15) is 11.8 Å². The number of benzene rings is 2. The first kappa shape index (κ1) is 20.6. The Morgan fingerprint density at radius 1 is 1.07 bits per heavy atom. The number of hydrogen-bond donors (Lipinski definition) is 3. The molecule has 0 saturated carbocycles. The molecule has 0 unspecified atom stereocenters. The number of anilines is 1. The normalized spacial score (nSPS) is 11.7. The fourth-order valence-corrected chi connectivity index (χ4v) is 2.98. The number of halogens is 1. The number of hydrogen-bond acceptors (Lipinski definition) is 3. The first-order valence-electron chi connectivity index (χ1n) is 9.31. The fourth-order valence-electron chi connectivity index (χ4n) is 2.85. The van der Waals surface area contributed by atoms with Crippen molar-refractivity contribution >= 4 is 29.1 Å². The van der Waals surface area contributed by atoms with Crippen molar-refractivity contribution in [2.24, 2.45) is 0 Å². The third-order valence-corrected chi connectivity index (χ3v) is 4.75. The Kier molecular flexibility index (Phi) is 7.05. The molecule has 0 spiro atoms. The average Bonchev–Trinajstić information content (AvgIpc) is 3.25. The number of para-hydroxylation sites is 1. The van der Waals surface area contributed by atoms with E-state index in [4.69, 9.17) is 16.0 Å². The molecule has 150 valence electrons. The van der Waals surface area contributed by atoms with Crippen molar-refractivity contribution in [1.29, 1.82) is 0 Å². The third-order valence-electron chi connectivity index (χ3n) is 4.50. The van der Waals surface area contributed by atoms with E-state index in [0.29, 0.717) is 22.0 Å². The van der Waals surface area contributed by atoms with E-state index in [1.807, 2.05) is 36.5 Å². The van der Waals surface area contributed by atoms with E-state index in [-0.39, 0.29) is 30.9 Å². The fraction of sp³-hybridized carbons (Fsp3) is 0.182. The van der Waals surface area contributed by atoms with Crippen molar-refractivity contribution in [3.05, 3.63) is 88.8 Å². The van der Waals surface area contributed by atoms with Crippen molar-refractivity contribution in [1.82, 2.24) is 5.32 Å². The zero-order valence-electron chi connectivity index (χ0n) is 16.0. The van der Waals surface area contributed by atoms with E-state index < -0.39 is 0 Å². The van der Waals surface area contributed by atoms with Gasteiger partial charge in [0.2, 0.25) is 0 Å². The second-order valence-electron chi connectivity index (χ2n) is 6.64. The molecule has 3 aromatic rings. The van der Waals surface area contributed by atoms with Crippen LogP contribution in [0, 0.1) is 0 Å². The lowest BCUT2D eigenvalue weighted by molar-refractivity contribution is -0.682. The summed E-state index contributed by atoms with van der Waals surface area (Å²) in [7, 11) is 0. The molecular formula is C22H23ClN3O3+. The molecule has 2 aromatic carbocycles. The van der Waals surface area contributed by atoms with E-state index >= 15 is 0 Å². The van der Waals surface area contributed by atoms with Gasteiger partial charge in [-0.25, -0.2) is 0 Å². The second-order valence-corrected chi connectivity index (χ2v) is 7.07. The molecule has 0 bridgehead atoms. The van der Waals surface area contributed by atoms with E-state index in [9.17, 15) is 9.59 Å². The summed E-state index contributed by atoms with van der Waals surface area (Å²) in [6, 6.07) is 18.1. The Hall–Kier alpha value is -3.09. The van der Waals surface area contributed by atoms with E-state index in [2.05, 4.69) is 10.6 Å². The third kappa shape index (κ3) is 5.94. The Morgan fingerprint density at radius 3 is 2.55 bits per heavy atom. The van der Waals surface area contributed by atoms with Crippen LogP contribution >= 0.6 is 11.6 Å². The van der Waals surface area contributed by atoms with Crippen LogP contribution in [0.25, 0.3) is 0 Å². The van der Waals surface area contributed by atoms with Gasteiger partial charge >= 0.3 is 0 Å². The van der Waals surface area contributed by atoms with Crippen LogP contribution < -0.4 is 16.0 Å². The summed E-state index contributed by atoms with van der Waals surface area (Å²) in [5, 5.41) is 8.22. The van der Waals surface area contributed by atoms with Crippen LogP contribution in [0.3, 0.4) is 0 Å². The van der Waals surface area contributed by atoms with Crippen LogP contribution in [0.15, 0.2) is 71.3 Å². The average molecular weight is 413 g/mol. The summed E-state index contributed by atoms with van der Waals surface area (Å²) in [5.41, 5.74) is 1.96. The van der Waals surface area contributed by atoms with Gasteiger partial charge in [0.05, 0.1) is 24.1 Å². The maximum absolute atomic E-state index is 12.5. The number of nitrogens with one attached hydrogen (secondary N) is 2. The van der Waals surface area contributed by atoms with Crippen LogP contribution in [0.4, 0.5) is 5.69 Å². The monoisotopic (exact) mass is 412 g/mol. The first-order chi connectivity index (χ1) is 14.0. The lowest BCUT2D eigenvalue weighted by Gasteiger charge is -2.13. The van der Waals surface area contributed by atoms with Gasteiger partial charge in [-0.2, -0.15) is 0 Å². The topological polar surface area (TPSA) is 88.0 Å². The quantitative estimate of drug-likeness (QED) is 0.531. The van der Waals surface area contributed by atoms with Crippen LogP contribution in [-0.4, -0.2) is 18.4 Å². The van der Waals surface area contributed by atoms with E-state index in [1.54, 1.807) is 42.7 Å². The van der Waals surface area contributed by atoms with Crippen molar-refractivity contribution < 1.29 is 19.3 Å². The minimum atomic E-state index is -0.282. The summed E-state index contributed by atoms with van der Waals surface area (Å²) < 4.78 is 5.22. The highest BCUT2D eigenvalue weighted by Gasteiger charge is 2.16. The lowest BCUT2D eigenvalue weighted by Crippen LogP contribution is -2.86. The summed E-state index contributed by atoms with van der Waals surface area (Å²) in [5.74, 6) is 0.193. The van der Waals surface area contributed by atoms with Gasteiger partial charge in [-0.15, -0.1) is 0 Å². The summed E-state index contributed by atoms with van der Waals surface area (Å²) in [6.07, 6.45) is 1.55. The minimum Gasteiger partial charge on any atom is -0.467 e. The van der Waals surface area contributed by atoms with Crippen LogP contribution in [0.5, 0.6) is 0 Å². The van der Waals surface area contributed by atoms with Gasteiger partial charge in [0.15, 0.2) is 6.54 Å². The summed E-state index contributed by atoms with van der Waals surface area (Å²) in [6.45, 7) is 2.53. The van der Waals surface area contributed by atoms with Crippen molar-refractivity contribution in [2.75, 3.05) is 11.9 Å². The number of rotatable bonds is 8. The molecule has 0 radical (unpaired) electrons. The van der Waals surface area contributed by atoms with Crippen molar-refractivity contribution in [3.8, 4) is 0 Å².